The summed E-state index contributed by atoms with van der Waals surface area (Å²) in [6.45, 7) is 2.13. The summed E-state index contributed by atoms with van der Waals surface area (Å²) in [6.07, 6.45) is 1.08. The predicted octanol–water partition coefficient (Wildman–Crippen LogP) is 2.01. The summed E-state index contributed by atoms with van der Waals surface area (Å²) in [5.41, 5.74) is 6.91. The lowest BCUT2D eigenvalue weighted by atomic mass is 10.1. The Morgan fingerprint density at radius 3 is 2.80 bits per heavy atom. The van der Waals surface area contributed by atoms with Crippen molar-refractivity contribution in [2.24, 2.45) is 5.92 Å². The highest BCUT2D eigenvalue weighted by molar-refractivity contribution is 14.1. The van der Waals surface area contributed by atoms with E-state index in [9.17, 15) is 4.79 Å². The molecular formula is C11H13IN2O. The van der Waals surface area contributed by atoms with Gasteiger partial charge < -0.3 is 11.1 Å². The van der Waals surface area contributed by atoms with Gasteiger partial charge in [0.2, 0.25) is 0 Å². The molecule has 3 N–H and O–H groups in total. The third-order valence-electron chi connectivity index (χ3n) is 2.68. The van der Waals surface area contributed by atoms with Crippen LogP contribution in [-0.2, 0) is 0 Å². The molecule has 0 heterocycles. The van der Waals surface area contributed by atoms with E-state index in [-0.39, 0.29) is 5.91 Å². The Hall–Kier alpha value is -0.780. The minimum Gasteiger partial charge on any atom is -0.398 e. The van der Waals surface area contributed by atoms with Crippen LogP contribution in [0.2, 0.25) is 0 Å². The molecule has 0 bridgehead atoms. The van der Waals surface area contributed by atoms with Crippen molar-refractivity contribution in [3.05, 3.63) is 27.3 Å². The second-order valence-corrected chi connectivity index (χ2v) is 5.27. The van der Waals surface area contributed by atoms with E-state index in [4.69, 9.17) is 5.73 Å². The molecule has 2 rings (SSSR count). The maximum atomic E-state index is 11.8. The van der Waals surface area contributed by atoms with E-state index >= 15 is 0 Å². The standard InChI is InChI=1S/C11H13IN2O/c1-6-4-10(6)14-11(15)8-3-2-7(12)5-9(8)13/h2-3,5-6,10H,4,13H2,1H3,(H,14,15). The summed E-state index contributed by atoms with van der Waals surface area (Å²) in [5.74, 6) is 0.553. The molecule has 0 radical (unpaired) electrons. The lowest BCUT2D eigenvalue weighted by molar-refractivity contribution is 0.0950. The van der Waals surface area contributed by atoms with E-state index in [1.807, 2.05) is 12.1 Å². The number of hydrogen-bond donors (Lipinski definition) is 2. The molecule has 80 valence electrons. The SMILES string of the molecule is CC1CC1NC(=O)c1ccc(I)cc1N. The van der Waals surface area contributed by atoms with Crippen molar-refractivity contribution in [3.8, 4) is 0 Å². The first kappa shape index (κ1) is 10.7. The Kier molecular flexibility index (Phi) is 2.86. The lowest BCUT2D eigenvalue weighted by Crippen LogP contribution is -2.27. The summed E-state index contributed by atoms with van der Waals surface area (Å²) in [5, 5.41) is 2.96. The summed E-state index contributed by atoms with van der Waals surface area (Å²) in [7, 11) is 0. The highest BCUT2D eigenvalue weighted by Crippen LogP contribution is 2.29. The van der Waals surface area contributed by atoms with Gasteiger partial charge in [-0.05, 0) is 53.1 Å². The van der Waals surface area contributed by atoms with Gasteiger partial charge in [0.25, 0.3) is 5.91 Å². The molecule has 1 aromatic rings. The zero-order valence-corrected chi connectivity index (χ0v) is 10.6. The molecule has 4 heteroatoms. The van der Waals surface area contributed by atoms with Gasteiger partial charge in [-0.15, -0.1) is 0 Å². The molecule has 1 aromatic carbocycles. The van der Waals surface area contributed by atoms with Crippen molar-refractivity contribution >= 4 is 34.2 Å². The van der Waals surface area contributed by atoms with E-state index in [2.05, 4.69) is 34.8 Å². The number of benzene rings is 1. The molecule has 1 saturated carbocycles. The third-order valence-corrected chi connectivity index (χ3v) is 3.36. The zero-order valence-electron chi connectivity index (χ0n) is 8.46. The van der Waals surface area contributed by atoms with Crippen molar-refractivity contribution in [2.45, 2.75) is 19.4 Å². The van der Waals surface area contributed by atoms with Gasteiger partial charge >= 0.3 is 0 Å². The maximum Gasteiger partial charge on any atom is 0.253 e. The molecule has 0 saturated heterocycles. The summed E-state index contributed by atoms with van der Waals surface area (Å²) >= 11 is 2.17. The maximum absolute atomic E-state index is 11.8. The molecule has 0 aromatic heterocycles. The van der Waals surface area contributed by atoms with Gasteiger partial charge in [0.05, 0.1) is 5.56 Å². The second kappa shape index (κ2) is 4.00. The van der Waals surface area contributed by atoms with Crippen LogP contribution in [-0.4, -0.2) is 11.9 Å². The topological polar surface area (TPSA) is 55.1 Å². The van der Waals surface area contributed by atoms with Crippen molar-refractivity contribution in [1.29, 1.82) is 0 Å². The van der Waals surface area contributed by atoms with Crippen LogP contribution < -0.4 is 11.1 Å². The molecule has 0 aliphatic heterocycles. The van der Waals surface area contributed by atoms with Gasteiger partial charge in [0.15, 0.2) is 0 Å². The first-order valence-electron chi connectivity index (χ1n) is 4.94. The molecule has 2 unspecified atom stereocenters. The molecule has 1 aliphatic rings. The number of carbonyl (C=O) groups excluding carboxylic acids is 1. The Morgan fingerprint density at radius 1 is 1.60 bits per heavy atom. The van der Waals surface area contributed by atoms with E-state index in [1.165, 1.54) is 0 Å². The van der Waals surface area contributed by atoms with Crippen LogP contribution in [0.5, 0.6) is 0 Å². The quantitative estimate of drug-likeness (QED) is 0.648. The molecule has 1 fully saturated rings. The number of carbonyl (C=O) groups is 1. The molecule has 2 atom stereocenters. The van der Waals surface area contributed by atoms with E-state index in [0.717, 1.165) is 9.99 Å². The summed E-state index contributed by atoms with van der Waals surface area (Å²) < 4.78 is 1.04. The highest BCUT2D eigenvalue weighted by Gasteiger charge is 2.34. The molecule has 15 heavy (non-hydrogen) atoms. The van der Waals surface area contributed by atoms with Gasteiger partial charge in [-0.25, -0.2) is 0 Å². The van der Waals surface area contributed by atoms with Crippen molar-refractivity contribution in [2.75, 3.05) is 5.73 Å². The van der Waals surface area contributed by atoms with Crippen molar-refractivity contribution in [3.63, 3.8) is 0 Å². The van der Waals surface area contributed by atoms with Gasteiger partial charge in [-0.1, -0.05) is 6.92 Å². The molecule has 0 spiro atoms. The zero-order chi connectivity index (χ0) is 11.0. The average molecular weight is 316 g/mol. The lowest BCUT2D eigenvalue weighted by Gasteiger charge is -2.06. The third kappa shape index (κ3) is 2.42. The first-order valence-corrected chi connectivity index (χ1v) is 6.01. The van der Waals surface area contributed by atoms with Gasteiger partial charge in [-0.2, -0.15) is 0 Å². The number of halogens is 1. The summed E-state index contributed by atoms with van der Waals surface area (Å²) in [6, 6.07) is 5.82. The van der Waals surface area contributed by atoms with Crippen LogP contribution in [0.15, 0.2) is 18.2 Å². The van der Waals surface area contributed by atoms with E-state index in [1.54, 1.807) is 6.07 Å². The Bertz CT molecular complexity index is 406. The minimum atomic E-state index is -0.0572. The van der Waals surface area contributed by atoms with Crippen LogP contribution in [0.3, 0.4) is 0 Å². The largest absolute Gasteiger partial charge is 0.398 e. The van der Waals surface area contributed by atoms with E-state index in [0.29, 0.717) is 23.2 Å². The van der Waals surface area contributed by atoms with Crippen LogP contribution in [0.1, 0.15) is 23.7 Å². The van der Waals surface area contributed by atoms with Crippen LogP contribution in [0, 0.1) is 9.49 Å². The molecular weight excluding hydrogens is 303 g/mol. The van der Waals surface area contributed by atoms with Crippen LogP contribution in [0.25, 0.3) is 0 Å². The van der Waals surface area contributed by atoms with Gasteiger partial charge in [0, 0.05) is 15.3 Å². The Balaban J connectivity index is 2.11. The fourth-order valence-electron chi connectivity index (χ4n) is 1.51. The predicted molar refractivity (Wildman–Crippen MR) is 68.6 cm³/mol. The minimum absolute atomic E-state index is 0.0572. The molecule has 1 amide bonds. The number of anilines is 1. The average Bonchev–Trinajstić information content (AvgIpc) is 2.81. The van der Waals surface area contributed by atoms with Gasteiger partial charge in [-0.3, -0.25) is 4.79 Å². The number of nitrogens with one attached hydrogen (secondary N) is 1. The van der Waals surface area contributed by atoms with Crippen molar-refractivity contribution < 1.29 is 4.79 Å². The smallest absolute Gasteiger partial charge is 0.253 e. The normalized spacial score (nSPS) is 23.6. The number of hydrogen-bond acceptors (Lipinski definition) is 2. The van der Waals surface area contributed by atoms with Crippen LogP contribution in [0.4, 0.5) is 5.69 Å². The number of amides is 1. The summed E-state index contributed by atoms with van der Waals surface area (Å²) in [4.78, 5) is 11.8. The molecule has 1 aliphatic carbocycles. The fourth-order valence-corrected chi connectivity index (χ4v) is 2.02. The number of nitrogen functional groups attached to an aromatic ring is 1. The second-order valence-electron chi connectivity index (χ2n) is 4.02. The number of rotatable bonds is 2. The molecule has 3 nitrogen and oxygen atoms in total. The Labute approximate surface area is 103 Å². The highest BCUT2D eigenvalue weighted by atomic mass is 127. The fraction of sp³-hybridized carbons (Fsp3) is 0.364. The number of nitrogens with two attached hydrogens (primary N) is 1. The Morgan fingerprint density at radius 2 is 2.27 bits per heavy atom. The van der Waals surface area contributed by atoms with Crippen LogP contribution >= 0.6 is 22.6 Å². The van der Waals surface area contributed by atoms with Gasteiger partial charge in [0.1, 0.15) is 0 Å². The first-order chi connectivity index (χ1) is 7.08. The van der Waals surface area contributed by atoms with Crippen molar-refractivity contribution in [1.82, 2.24) is 5.32 Å². The monoisotopic (exact) mass is 316 g/mol. The van der Waals surface area contributed by atoms with E-state index < -0.39 is 0 Å².